The van der Waals surface area contributed by atoms with Crippen molar-refractivity contribution in [2.24, 2.45) is 0 Å². The maximum absolute atomic E-state index is 12.3. The SMILES string of the molecule is CCn1c(COc2ccc(Cl)cc2Cl)nnc1SCC(=O)Nc1ccc(Br)cc1Cl. The number of thioether (sulfide) groups is 1. The lowest BCUT2D eigenvalue weighted by Gasteiger charge is -2.10. The number of nitrogens with one attached hydrogen (secondary N) is 1. The summed E-state index contributed by atoms with van der Waals surface area (Å²) in [6, 6.07) is 10.3. The number of hydrogen-bond donors (Lipinski definition) is 1. The molecule has 1 heterocycles. The van der Waals surface area contributed by atoms with Crippen LogP contribution < -0.4 is 10.1 Å². The summed E-state index contributed by atoms with van der Waals surface area (Å²) in [6.07, 6.45) is 0. The van der Waals surface area contributed by atoms with Gasteiger partial charge in [-0.2, -0.15) is 0 Å². The molecule has 0 aliphatic carbocycles. The van der Waals surface area contributed by atoms with Crippen molar-refractivity contribution in [3.05, 3.63) is 61.8 Å². The first-order chi connectivity index (χ1) is 14.4. The van der Waals surface area contributed by atoms with Crippen molar-refractivity contribution in [2.45, 2.75) is 25.2 Å². The molecule has 1 amide bonds. The average molecular weight is 551 g/mol. The summed E-state index contributed by atoms with van der Waals surface area (Å²) in [7, 11) is 0. The van der Waals surface area contributed by atoms with Crippen molar-refractivity contribution in [3.63, 3.8) is 0 Å². The molecular weight excluding hydrogens is 535 g/mol. The minimum Gasteiger partial charge on any atom is -0.484 e. The summed E-state index contributed by atoms with van der Waals surface area (Å²) in [5, 5.41) is 13.2. The highest BCUT2D eigenvalue weighted by Crippen LogP contribution is 2.29. The molecule has 0 saturated heterocycles. The van der Waals surface area contributed by atoms with E-state index in [9.17, 15) is 4.79 Å². The number of halogens is 4. The van der Waals surface area contributed by atoms with E-state index in [-0.39, 0.29) is 18.3 Å². The highest BCUT2D eigenvalue weighted by Gasteiger charge is 2.15. The Labute approximate surface area is 201 Å². The van der Waals surface area contributed by atoms with Gasteiger partial charge in [-0.15, -0.1) is 10.2 Å². The smallest absolute Gasteiger partial charge is 0.234 e. The van der Waals surface area contributed by atoms with Gasteiger partial charge in [0.1, 0.15) is 12.4 Å². The van der Waals surface area contributed by atoms with E-state index in [4.69, 9.17) is 39.5 Å². The summed E-state index contributed by atoms with van der Waals surface area (Å²) in [6.45, 7) is 2.78. The molecule has 0 saturated carbocycles. The van der Waals surface area contributed by atoms with Gasteiger partial charge in [0.05, 0.1) is 21.5 Å². The third kappa shape index (κ3) is 6.04. The monoisotopic (exact) mass is 548 g/mol. The Morgan fingerprint density at radius 3 is 2.67 bits per heavy atom. The molecular formula is C19H16BrCl3N4O2S. The van der Waals surface area contributed by atoms with Crippen molar-refractivity contribution in [3.8, 4) is 5.75 Å². The molecule has 0 unspecified atom stereocenters. The number of aromatic nitrogens is 3. The van der Waals surface area contributed by atoms with E-state index >= 15 is 0 Å². The molecule has 2 aromatic carbocycles. The van der Waals surface area contributed by atoms with E-state index in [0.717, 1.165) is 4.47 Å². The second kappa shape index (κ2) is 10.7. The number of carbonyl (C=O) groups is 1. The normalized spacial score (nSPS) is 10.8. The predicted molar refractivity (Wildman–Crippen MR) is 125 cm³/mol. The van der Waals surface area contributed by atoms with E-state index in [1.165, 1.54) is 11.8 Å². The zero-order chi connectivity index (χ0) is 21.7. The van der Waals surface area contributed by atoms with Gasteiger partial charge in [0.15, 0.2) is 11.0 Å². The predicted octanol–water partition coefficient (Wildman–Crippen LogP) is 6.33. The molecule has 11 heteroatoms. The molecule has 0 radical (unpaired) electrons. The Balaban J connectivity index is 1.60. The van der Waals surface area contributed by atoms with Gasteiger partial charge in [-0.1, -0.05) is 62.5 Å². The van der Waals surface area contributed by atoms with Gasteiger partial charge in [0.25, 0.3) is 0 Å². The Kier molecular flexibility index (Phi) is 8.30. The molecule has 0 fully saturated rings. The highest BCUT2D eigenvalue weighted by molar-refractivity contribution is 9.10. The third-order valence-corrected chi connectivity index (χ3v) is 6.20. The van der Waals surface area contributed by atoms with E-state index in [2.05, 4.69) is 31.4 Å². The average Bonchev–Trinajstić information content (AvgIpc) is 3.09. The quantitative estimate of drug-likeness (QED) is 0.332. The van der Waals surface area contributed by atoms with Gasteiger partial charge in [0, 0.05) is 16.0 Å². The Hall–Kier alpha value is -1.45. The molecule has 0 atom stereocenters. The summed E-state index contributed by atoms with van der Waals surface area (Å²) >= 11 is 22.8. The van der Waals surface area contributed by atoms with Crippen molar-refractivity contribution < 1.29 is 9.53 Å². The molecule has 1 aromatic heterocycles. The first-order valence-corrected chi connectivity index (χ1v) is 11.7. The highest BCUT2D eigenvalue weighted by atomic mass is 79.9. The topological polar surface area (TPSA) is 69.0 Å². The maximum atomic E-state index is 12.3. The number of ether oxygens (including phenoxy) is 1. The number of carbonyl (C=O) groups excluding carboxylic acids is 1. The number of amides is 1. The standard InChI is InChI=1S/C19H16BrCl3N4O2S/c1-2-27-17(9-29-16-6-4-12(21)8-14(16)23)25-26-19(27)30-10-18(28)24-15-5-3-11(20)7-13(15)22/h3-8H,2,9-10H2,1H3,(H,24,28). The van der Waals surface area contributed by atoms with Crippen LogP contribution in [0.3, 0.4) is 0 Å². The molecule has 1 N–H and O–H groups in total. The van der Waals surface area contributed by atoms with Crippen molar-refractivity contribution in [1.82, 2.24) is 14.8 Å². The van der Waals surface area contributed by atoms with Crippen LogP contribution in [0.4, 0.5) is 5.69 Å². The van der Waals surface area contributed by atoms with Crippen LogP contribution in [-0.2, 0) is 17.9 Å². The van der Waals surface area contributed by atoms with Crippen LogP contribution in [0.25, 0.3) is 0 Å². The van der Waals surface area contributed by atoms with Crippen LogP contribution in [0.1, 0.15) is 12.7 Å². The Bertz CT molecular complexity index is 1060. The van der Waals surface area contributed by atoms with Gasteiger partial charge in [-0.3, -0.25) is 4.79 Å². The van der Waals surface area contributed by atoms with Gasteiger partial charge < -0.3 is 14.6 Å². The van der Waals surface area contributed by atoms with Crippen LogP contribution in [0.2, 0.25) is 15.1 Å². The number of rotatable bonds is 8. The fourth-order valence-electron chi connectivity index (χ4n) is 2.49. The van der Waals surface area contributed by atoms with Gasteiger partial charge >= 0.3 is 0 Å². The number of benzene rings is 2. The lowest BCUT2D eigenvalue weighted by molar-refractivity contribution is -0.113. The fraction of sp³-hybridized carbons (Fsp3) is 0.211. The number of nitrogens with zero attached hydrogens (tertiary/aromatic N) is 3. The van der Waals surface area contributed by atoms with E-state index in [0.29, 0.717) is 44.0 Å². The molecule has 30 heavy (non-hydrogen) atoms. The van der Waals surface area contributed by atoms with Gasteiger partial charge in [0.2, 0.25) is 5.91 Å². The lowest BCUT2D eigenvalue weighted by atomic mass is 10.3. The van der Waals surface area contributed by atoms with E-state index in [1.807, 2.05) is 17.6 Å². The second-order valence-corrected chi connectivity index (χ2v) is 9.08. The zero-order valence-corrected chi connectivity index (χ0v) is 20.3. The molecule has 0 aliphatic rings. The molecule has 158 valence electrons. The van der Waals surface area contributed by atoms with Crippen LogP contribution in [0.5, 0.6) is 5.75 Å². The zero-order valence-electron chi connectivity index (χ0n) is 15.7. The third-order valence-electron chi connectivity index (χ3n) is 3.90. The first-order valence-electron chi connectivity index (χ1n) is 8.75. The Morgan fingerprint density at radius 2 is 1.97 bits per heavy atom. The molecule has 3 aromatic rings. The summed E-state index contributed by atoms with van der Waals surface area (Å²) in [5.41, 5.74) is 0.552. The first kappa shape index (κ1) is 23.2. The van der Waals surface area contributed by atoms with Crippen LogP contribution >= 0.6 is 62.5 Å². The van der Waals surface area contributed by atoms with Gasteiger partial charge in [-0.05, 0) is 43.3 Å². The summed E-state index contributed by atoms with van der Waals surface area (Å²) in [4.78, 5) is 12.3. The second-order valence-electron chi connectivity index (χ2n) is 5.97. The fourth-order valence-corrected chi connectivity index (χ4v) is 4.50. The summed E-state index contributed by atoms with van der Waals surface area (Å²) < 4.78 is 8.46. The minimum atomic E-state index is -0.194. The summed E-state index contributed by atoms with van der Waals surface area (Å²) in [5.74, 6) is 1.10. The Morgan fingerprint density at radius 1 is 1.17 bits per heavy atom. The van der Waals surface area contributed by atoms with Crippen molar-refractivity contribution in [2.75, 3.05) is 11.1 Å². The molecule has 6 nitrogen and oxygen atoms in total. The molecule has 0 bridgehead atoms. The molecule has 0 spiro atoms. The van der Waals surface area contributed by atoms with Crippen LogP contribution in [0, 0.1) is 0 Å². The maximum Gasteiger partial charge on any atom is 0.234 e. The van der Waals surface area contributed by atoms with Crippen LogP contribution in [0.15, 0.2) is 46.0 Å². The van der Waals surface area contributed by atoms with Crippen molar-refractivity contribution >= 4 is 74.1 Å². The van der Waals surface area contributed by atoms with Crippen LogP contribution in [-0.4, -0.2) is 26.4 Å². The minimum absolute atomic E-state index is 0.161. The molecule has 3 rings (SSSR count). The molecule has 0 aliphatic heterocycles. The largest absolute Gasteiger partial charge is 0.484 e. The van der Waals surface area contributed by atoms with Gasteiger partial charge in [-0.25, -0.2) is 0 Å². The van der Waals surface area contributed by atoms with E-state index in [1.54, 1.807) is 30.3 Å². The van der Waals surface area contributed by atoms with E-state index < -0.39 is 0 Å². The van der Waals surface area contributed by atoms with Crippen molar-refractivity contribution in [1.29, 1.82) is 0 Å². The number of anilines is 1. The lowest BCUT2D eigenvalue weighted by Crippen LogP contribution is -2.15. The number of hydrogen-bond acceptors (Lipinski definition) is 5.